The average Bonchev–Trinajstić information content (AvgIpc) is 3.74. The summed E-state index contributed by atoms with van der Waals surface area (Å²) >= 11 is 1.85. The monoisotopic (exact) mass is 655 g/mol. The number of furan rings is 1. The Bertz CT molecular complexity index is 3160. The van der Waals surface area contributed by atoms with Crippen molar-refractivity contribution in [2.24, 2.45) is 0 Å². The van der Waals surface area contributed by atoms with Crippen LogP contribution in [-0.2, 0) is 0 Å². The SMILES string of the molecule is c1ccc(-c2nc(-c3ccc4oc5ccccc5c4c3)nc(-c3cc4ccc5ccccc5c4c4sc5cc6ccccc6cc5c34)n2)cc1. The zero-order valence-corrected chi connectivity index (χ0v) is 27.4. The van der Waals surface area contributed by atoms with Crippen molar-refractivity contribution >= 4 is 85.8 Å². The van der Waals surface area contributed by atoms with Gasteiger partial charge < -0.3 is 4.42 Å². The van der Waals surface area contributed by atoms with Crippen LogP contribution in [0.1, 0.15) is 0 Å². The summed E-state index contributed by atoms with van der Waals surface area (Å²) in [5, 5.41) is 11.9. The van der Waals surface area contributed by atoms with Crippen LogP contribution in [0.5, 0.6) is 0 Å². The standard InChI is InChI=1S/C45H25N3OS/c1-2-11-27(12-3-1)43-46-44(31-20-21-38-34(24-31)33-16-8-9-17-37(33)49-38)48-45(47-43)36-23-30-19-18-26-10-6-7-15-32(26)40(30)42-41(36)35-22-28-13-4-5-14-29(28)25-39(35)50-42/h1-25H. The van der Waals surface area contributed by atoms with E-state index in [1.54, 1.807) is 0 Å². The largest absolute Gasteiger partial charge is 0.456 e. The summed E-state index contributed by atoms with van der Waals surface area (Å²) in [7, 11) is 0. The summed E-state index contributed by atoms with van der Waals surface area (Å²) in [6.45, 7) is 0. The van der Waals surface area contributed by atoms with E-state index in [0.29, 0.717) is 17.5 Å². The minimum atomic E-state index is 0.623. The van der Waals surface area contributed by atoms with E-state index in [0.717, 1.165) is 44.0 Å². The van der Waals surface area contributed by atoms with Gasteiger partial charge in [-0.25, -0.2) is 15.0 Å². The lowest BCUT2D eigenvalue weighted by Crippen LogP contribution is -2.00. The van der Waals surface area contributed by atoms with E-state index in [-0.39, 0.29) is 0 Å². The Labute approximate surface area is 289 Å². The highest BCUT2D eigenvalue weighted by atomic mass is 32.1. The molecule has 0 amide bonds. The summed E-state index contributed by atoms with van der Waals surface area (Å²) in [4.78, 5) is 15.6. The van der Waals surface area contributed by atoms with Gasteiger partial charge in [0.15, 0.2) is 17.5 Å². The minimum absolute atomic E-state index is 0.623. The van der Waals surface area contributed by atoms with Gasteiger partial charge in [-0.3, -0.25) is 0 Å². The maximum atomic E-state index is 6.16. The normalized spacial score (nSPS) is 12.0. The Morgan fingerprint density at radius 2 is 1.06 bits per heavy atom. The summed E-state index contributed by atoms with van der Waals surface area (Å²) < 4.78 is 8.65. The van der Waals surface area contributed by atoms with Crippen molar-refractivity contribution in [3.63, 3.8) is 0 Å². The molecule has 0 unspecified atom stereocenters. The number of benzene rings is 8. The maximum absolute atomic E-state index is 6.16. The molecule has 3 aromatic heterocycles. The Morgan fingerprint density at radius 1 is 0.400 bits per heavy atom. The first-order valence-electron chi connectivity index (χ1n) is 16.7. The molecule has 11 aromatic rings. The van der Waals surface area contributed by atoms with Crippen LogP contribution >= 0.6 is 11.3 Å². The first kappa shape index (κ1) is 27.5. The molecular weight excluding hydrogens is 631 g/mol. The van der Waals surface area contributed by atoms with Gasteiger partial charge in [0.1, 0.15) is 11.2 Å². The molecule has 8 aromatic carbocycles. The number of hydrogen-bond acceptors (Lipinski definition) is 5. The van der Waals surface area contributed by atoms with Gasteiger partial charge in [0, 0.05) is 53.0 Å². The molecule has 0 saturated carbocycles. The molecule has 5 heteroatoms. The van der Waals surface area contributed by atoms with Crippen LogP contribution in [0, 0.1) is 0 Å². The third-order valence-electron chi connectivity index (χ3n) is 9.86. The number of aromatic nitrogens is 3. The molecule has 0 fully saturated rings. The van der Waals surface area contributed by atoms with Crippen LogP contribution in [0.15, 0.2) is 156 Å². The molecule has 0 bridgehead atoms. The highest BCUT2D eigenvalue weighted by Crippen LogP contribution is 2.47. The number of nitrogens with zero attached hydrogens (tertiary/aromatic N) is 3. The van der Waals surface area contributed by atoms with Gasteiger partial charge in [0.2, 0.25) is 0 Å². The fourth-order valence-corrected chi connectivity index (χ4v) is 8.83. The molecule has 3 heterocycles. The van der Waals surface area contributed by atoms with Crippen LogP contribution in [0.25, 0.3) is 109 Å². The van der Waals surface area contributed by atoms with Crippen LogP contribution in [0.2, 0.25) is 0 Å². The number of para-hydroxylation sites is 1. The van der Waals surface area contributed by atoms with Crippen molar-refractivity contribution in [3.8, 4) is 34.2 Å². The van der Waals surface area contributed by atoms with E-state index >= 15 is 0 Å². The summed E-state index contributed by atoms with van der Waals surface area (Å²) in [5.41, 5.74) is 4.56. The predicted molar refractivity (Wildman–Crippen MR) is 209 cm³/mol. The van der Waals surface area contributed by atoms with E-state index in [9.17, 15) is 0 Å². The predicted octanol–water partition coefficient (Wildman–Crippen LogP) is 12.6. The number of thiophene rings is 1. The van der Waals surface area contributed by atoms with Gasteiger partial charge in [-0.15, -0.1) is 11.3 Å². The van der Waals surface area contributed by atoms with Crippen molar-refractivity contribution < 1.29 is 4.42 Å². The van der Waals surface area contributed by atoms with Crippen LogP contribution in [0.3, 0.4) is 0 Å². The quantitative estimate of drug-likeness (QED) is 0.178. The van der Waals surface area contributed by atoms with Crippen molar-refractivity contribution in [3.05, 3.63) is 152 Å². The summed E-state index contributed by atoms with van der Waals surface area (Å²) in [6, 6.07) is 53.2. The molecule has 0 atom stereocenters. The molecule has 0 aliphatic carbocycles. The van der Waals surface area contributed by atoms with Crippen molar-refractivity contribution in [1.82, 2.24) is 15.0 Å². The Morgan fingerprint density at radius 3 is 1.92 bits per heavy atom. The fourth-order valence-electron chi connectivity index (χ4n) is 7.50. The van der Waals surface area contributed by atoms with Crippen LogP contribution in [0.4, 0.5) is 0 Å². The Balaban J connectivity index is 1.25. The summed E-state index contributed by atoms with van der Waals surface area (Å²) in [6.07, 6.45) is 0. The molecule has 232 valence electrons. The second-order valence-corrected chi connectivity index (χ2v) is 13.8. The van der Waals surface area contributed by atoms with Crippen LogP contribution < -0.4 is 0 Å². The van der Waals surface area contributed by atoms with E-state index in [1.807, 2.05) is 59.9 Å². The number of rotatable bonds is 3. The second-order valence-electron chi connectivity index (χ2n) is 12.8. The van der Waals surface area contributed by atoms with Gasteiger partial charge in [-0.1, -0.05) is 109 Å². The van der Waals surface area contributed by atoms with Crippen molar-refractivity contribution in [1.29, 1.82) is 0 Å². The molecule has 4 nitrogen and oxygen atoms in total. The zero-order chi connectivity index (χ0) is 32.8. The zero-order valence-electron chi connectivity index (χ0n) is 26.6. The van der Waals surface area contributed by atoms with Gasteiger partial charge in [-0.2, -0.15) is 0 Å². The third-order valence-corrected chi connectivity index (χ3v) is 11.0. The lowest BCUT2D eigenvalue weighted by atomic mass is 9.95. The smallest absolute Gasteiger partial charge is 0.164 e. The third kappa shape index (κ3) is 4.14. The number of hydrogen-bond donors (Lipinski definition) is 0. The fraction of sp³-hybridized carbons (Fsp3) is 0. The average molecular weight is 656 g/mol. The Kier molecular flexibility index (Phi) is 5.80. The second kappa shape index (κ2) is 10.5. The molecule has 0 aliphatic rings. The number of fused-ring (bicyclic) bond motifs is 11. The molecule has 0 radical (unpaired) electrons. The molecule has 0 N–H and O–H groups in total. The summed E-state index contributed by atoms with van der Waals surface area (Å²) in [5.74, 6) is 1.91. The van der Waals surface area contributed by atoms with Crippen molar-refractivity contribution in [2.45, 2.75) is 0 Å². The Hall–Kier alpha value is -6.43. The van der Waals surface area contributed by atoms with Gasteiger partial charge in [-0.05, 0) is 69.4 Å². The molecule has 0 aliphatic heterocycles. The van der Waals surface area contributed by atoms with Gasteiger partial charge in [0.05, 0.1) is 0 Å². The molecule has 11 rings (SSSR count). The highest BCUT2D eigenvalue weighted by Gasteiger charge is 2.21. The highest BCUT2D eigenvalue weighted by molar-refractivity contribution is 7.27. The lowest BCUT2D eigenvalue weighted by Gasteiger charge is -2.12. The van der Waals surface area contributed by atoms with E-state index in [4.69, 9.17) is 19.4 Å². The van der Waals surface area contributed by atoms with Crippen molar-refractivity contribution in [2.75, 3.05) is 0 Å². The van der Waals surface area contributed by atoms with Gasteiger partial charge >= 0.3 is 0 Å². The van der Waals surface area contributed by atoms with E-state index in [1.165, 1.54) is 47.1 Å². The maximum Gasteiger partial charge on any atom is 0.164 e. The first-order chi connectivity index (χ1) is 24.7. The van der Waals surface area contributed by atoms with Gasteiger partial charge in [0.25, 0.3) is 0 Å². The molecule has 0 spiro atoms. The van der Waals surface area contributed by atoms with E-state index in [2.05, 4.69) is 103 Å². The minimum Gasteiger partial charge on any atom is -0.456 e. The first-order valence-corrected chi connectivity index (χ1v) is 17.5. The molecule has 50 heavy (non-hydrogen) atoms. The van der Waals surface area contributed by atoms with Crippen LogP contribution in [-0.4, -0.2) is 15.0 Å². The van der Waals surface area contributed by atoms with E-state index < -0.39 is 0 Å². The topological polar surface area (TPSA) is 51.8 Å². The molecular formula is C45H25N3OS. The molecule has 0 saturated heterocycles. The lowest BCUT2D eigenvalue weighted by molar-refractivity contribution is 0.669.